The molecule has 1 heterocycles. The molecule has 0 unspecified atom stereocenters. The quantitative estimate of drug-likeness (QED) is 0.896. The Hall–Kier alpha value is -1.82. The number of hydrogen-bond acceptors (Lipinski definition) is 2. The van der Waals surface area contributed by atoms with Crippen molar-refractivity contribution in [3.63, 3.8) is 0 Å². The Morgan fingerprint density at radius 2 is 1.83 bits per heavy atom. The number of halogens is 3. The van der Waals surface area contributed by atoms with Gasteiger partial charge < -0.3 is 10.3 Å². The fourth-order valence-corrected chi connectivity index (χ4v) is 1.66. The number of rotatable bonds is 2. The van der Waals surface area contributed by atoms with E-state index in [4.69, 9.17) is 5.73 Å². The highest BCUT2D eigenvalue weighted by atomic mass is 19.4. The maximum atomic E-state index is 12.5. The zero-order chi connectivity index (χ0) is 13.3. The van der Waals surface area contributed by atoms with Gasteiger partial charge in [0.15, 0.2) is 5.69 Å². The lowest BCUT2D eigenvalue weighted by Gasteiger charge is -2.02. The molecule has 96 valence electrons. The molecule has 1 aromatic heterocycles. The van der Waals surface area contributed by atoms with Crippen LogP contribution in [0.5, 0.6) is 0 Å². The van der Waals surface area contributed by atoms with Crippen molar-refractivity contribution in [2.24, 2.45) is 12.8 Å². The fraction of sp³-hybridized carbons (Fsp3) is 0.250. The third-order valence-corrected chi connectivity index (χ3v) is 2.61. The molecular formula is C12H12F3N3. The Kier molecular flexibility index (Phi) is 3.13. The molecule has 1 aromatic carbocycles. The molecule has 0 saturated heterocycles. The largest absolute Gasteiger partial charge is 0.434 e. The Morgan fingerprint density at radius 1 is 1.22 bits per heavy atom. The molecule has 0 radical (unpaired) electrons. The molecule has 2 N–H and O–H groups in total. The summed E-state index contributed by atoms with van der Waals surface area (Å²) in [6, 6.07) is 6.98. The van der Waals surface area contributed by atoms with Crippen molar-refractivity contribution in [1.29, 1.82) is 0 Å². The number of nitrogens with two attached hydrogens (primary N) is 1. The lowest BCUT2D eigenvalue weighted by Crippen LogP contribution is -2.04. The molecular weight excluding hydrogens is 243 g/mol. The number of nitrogens with zero attached hydrogens (tertiary/aromatic N) is 2. The monoisotopic (exact) mass is 255 g/mol. The third-order valence-electron chi connectivity index (χ3n) is 2.61. The smallest absolute Gasteiger partial charge is 0.333 e. The van der Waals surface area contributed by atoms with E-state index in [0.29, 0.717) is 12.1 Å². The van der Waals surface area contributed by atoms with E-state index in [1.165, 1.54) is 11.6 Å². The normalized spacial score (nSPS) is 11.8. The van der Waals surface area contributed by atoms with Gasteiger partial charge in [-0.25, -0.2) is 4.98 Å². The molecule has 0 saturated carbocycles. The van der Waals surface area contributed by atoms with E-state index in [-0.39, 0.29) is 5.82 Å². The molecule has 2 aromatic rings. The zero-order valence-electron chi connectivity index (χ0n) is 9.70. The first-order chi connectivity index (χ1) is 8.41. The van der Waals surface area contributed by atoms with Crippen LogP contribution in [0, 0.1) is 0 Å². The molecule has 0 aliphatic heterocycles. The molecule has 3 nitrogen and oxygen atoms in total. The predicted octanol–water partition coefficient (Wildman–Crippen LogP) is 2.56. The second kappa shape index (κ2) is 4.45. The molecule has 0 atom stereocenters. The minimum absolute atomic E-state index is 0.283. The lowest BCUT2D eigenvalue weighted by molar-refractivity contribution is -0.140. The summed E-state index contributed by atoms with van der Waals surface area (Å²) in [4.78, 5) is 3.61. The van der Waals surface area contributed by atoms with Crippen molar-refractivity contribution in [2.75, 3.05) is 0 Å². The molecule has 0 aliphatic rings. The predicted molar refractivity (Wildman–Crippen MR) is 61.5 cm³/mol. The van der Waals surface area contributed by atoms with Crippen LogP contribution < -0.4 is 5.73 Å². The van der Waals surface area contributed by atoms with E-state index >= 15 is 0 Å². The Labute approximate surface area is 102 Å². The third kappa shape index (κ3) is 2.38. The van der Waals surface area contributed by atoms with Gasteiger partial charge in [-0.2, -0.15) is 13.2 Å². The molecule has 0 fully saturated rings. The summed E-state index contributed by atoms with van der Waals surface area (Å²) in [6.07, 6.45) is -3.45. The van der Waals surface area contributed by atoms with E-state index < -0.39 is 11.9 Å². The number of alkyl halides is 3. The van der Waals surface area contributed by atoms with E-state index in [0.717, 1.165) is 11.8 Å². The zero-order valence-corrected chi connectivity index (χ0v) is 9.70. The molecule has 0 amide bonds. The molecule has 2 rings (SSSR count). The summed E-state index contributed by atoms with van der Waals surface area (Å²) in [5.74, 6) is 0.283. The van der Waals surface area contributed by atoms with Gasteiger partial charge in [-0.05, 0) is 5.56 Å². The van der Waals surface area contributed by atoms with E-state index in [1.54, 1.807) is 24.3 Å². The molecule has 0 bridgehead atoms. The van der Waals surface area contributed by atoms with Gasteiger partial charge in [0.05, 0.1) is 0 Å². The van der Waals surface area contributed by atoms with Crippen LogP contribution in [-0.4, -0.2) is 9.55 Å². The van der Waals surface area contributed by atoms with Gasteiger partial charge in [-0.3, -0.25) is 0 Å². The summed E-state index contributed by atoms with van der Waals surface area (Å²) in [6.45, 7) is 0.397. The molecule has 18 heavy (non-hydrogen) atoms. The minimum atomic E-state index is -4.42. The summed E-state index contributed by atoms with van der Waals surface area (Å²) in [5.41, 5.74) is 6.12. The van der Waals surface area contributed by atoms with Crippen LogP contribution in [0.25, 0.3) is 11.4 Å². The van der Waals surface area contributed by atoms with Crippen LogP contribution in [0.2, 0.25) is 0 Å². The van der Waals surface area contributed by atoms with Gasteiger partial charge in [-0.15, -0.1) is 0 Å². The number of aromatic nitrogens is 2. The Morgan fingerprint density at radius 3 is 2.28 bits per heavy atom. The van der Waals surface area contributed by atoms with Gasteiger partial charge >= 0.3 is 6.18 Å². The lowest BCUT2D eigenvalue weighted by atomic mass is 10.1. The summed E-state index contributed by atoms with van der Waals surface area (Å²) < 4.78 is 38.9. The average molecular weight is 255 g/mol. The van der Waals surface area contributed by atoms with E-state index in [9.17, 15) is 13.2 Å². The van der Waals surface area contributed by atoms with Crippen LogP contribution in [0.4, 0.5) is 13.2 Å². The fourth-order valence-electron chi connectivity index (χ4n) is 1.66. The first-order valence-corrected chi connectivity index (χ1v) is 5.32. The van der Waals surface area contributed by atoms with Crippen molar-refractivity contribution in [2.45, 2.75) is 12.7 Å². The van der Waals surface area contributed by atoms with Crippen LogP contribution in [0.1, 0.15) is 11.3 Å². The highest BCUT2D eigenvalue weighted by molar-refractivity contribution is 5.56. The second-order valence-corrected chi connectivity index (χ2v) is 3.96. The minimum Gasteiger partial charge on any atom is -0.333 e. The van der Waals surface area contributed by atoms with Gasteiger partial charge in [0.25, 0.3) is 0 Å². The molecule has 6 heteroatoms. The van der Waals surface area contributed by atoms with Gasteiger partial charge in [0.1, 0.15) is 5.82 Å². The highest BCUT2D eigenvalue weighted by Crippen LogP contribution is 2.30. The van der Waals surface area contributed by atoms with Gasteiger partial charge in [0.2, 0.25) is 0 Å². The van der Waals surface area contributed by atoms with Crippen molar-refractivity contribution < 1.29 is 13.2 Å². The first kappa shape index (κ1) is 12.6. The summed E-state index contributed by atoms with van der Waals surface area (Å²) in [7, 11) is 1.54. The number of hydrogen-bond donors (Lipinski definition) is 1. The van der Waals surface area contributed by atoms with Crippen molar-refractivity contribution >= 4 is 0 Å². The topological polar surface area (TPSA) is 43.8 Å². The average Bonchev–Trinajstić information content (AvgIpc) is 2.71. The standard InChI is InChI=1S/C12H12F3N3/c1-18-7-10(12(13,14)15)17-11(18)9-4-2-8(6-16)3-5-9/h2-5,7H,6,16H2,1H3. The maximum Gasteiger partial charge on any atom is 0.434 e. The number of aryl methyl sites for hydroxylation is 1. The van der Waals surface area contributed by atoms with Crippen LogP contribution in [0.3, 0.4) is 0 Å². The molecule has 0 spiro atoms. The number of benzene rings is 1. The maximum absolute atomic E-state index is 12.5. The summed E-state index contributed by atoms with van der Waals surface area (Å²) in [5, 5.41) is 0. The van der Waals surface area contributed by atoms with Crippen molar-refractivity contribution in [1.82, 2.24) is 9.55 Å². The number of imidazole rings is 1. The van der Waals surface area contributed by atoms with E-state index in [2.05, 4.69) is 4.98 Å². The van der Waals surface area contributed by atoms with Crippen molar-refractivity contribution in [3.05, 3.63) is 41.7 Å². The van der Waals surface area contributed by atoms with Crippen LogP contribution in [0.15, 0.2) is 30.5 Å². The molecule has 0 aliphatic carbocycles. The first-order valence-electron chi connectivity index (χ1n) is 5.32. The Bertz CT molecular complexity index is 541. The van der Waals surface area contributed by atoms with Crippen LogP contribution >= 0.6 is 0 Å². The SMILES string of the molecule is Cn1cc(C(F)(F)F)nc1-c1ccc(CN)cc1. The van der Waals surface area contributed by atoms with Gasteiger partial charge in [-0.1, -0.05) is 24.3 Å². The Balaban J connectivity index is 2.41. The second-order valence-electron chi connectivity index (χ2n) is 3.96. The summed E-state index contributed by atoms with van der Waals surface area (Å²) >= 11 is 0. The van der Waals surface area contributed by atoms with Crippen LogP contribution in [-0.2, 0) is 19.8 Å². The van der Waals surface area contributed by atoms with E-state index in [1.807, 2.05) is 0 Å². The highest BCUT2D eigenvalue weighted by Gasteiger charge is 2.34. The van der Waals surface area contributed by atoms with Crippen molar-refractivity contribution in [3.8, 4) is 11.4 Å². The van der Waals surface area contributed by atoms with Gasteiger partial charge in [0, 0.05) is 25.4 Å².